The number of aromatic nitrogens is 2. The van der Waals surface area contributed by atoms with Crippen LogP contribution in [-0.2, 0) is 14.3 Å². The highest BCUT2D eigenvalue weighted by atomic mass is 32.2. The minimum atomic E-state index is -0.230. The summed E-state index contributed by atoms with van der Waals surface area (Å²) in [5, 5.41) is 3.60. The van der Waals surface area contributed by atoms with Crippen LogP contribution in [0.2, 0.25) is 0 Å². The molecule has 1 N–H and O–H groups in total. The van der Waals surface area contributed by atoms with Gasteiger partial charge >= 0.3 is 5.97 Å². The van der Waals surface area contributed by atoms with Gasteiger partial charge in [0.15, 0.2) is 5.16 Å². The van der Waals surface area contributed by atoms with Crippen molar-refractivity contribution in [3.05, 3.63) is 41.7 Å². The maximum Gasteiger partial charge on any atom is 0.305 e. The lowest BCUT2D eigenvalue weighted by atomic mass is 10.1. The number of aryl methyl sites for hydroxylation is 1. The van der Waals surface area contributed by atoms with E-state index in [1.165, 1.54) is 22.9 Å². The van der Waals surface area contributed by atoms with Gasteiger partial charge in [0.2, 0.25) is 5.91 Å². The lowest BCUT2D eigenvalue weighted by Crippen LogP contribution is -2.26. The van der Waals surface area contributed by atoms with Gasteiger partial charge in [0.25, 0.3) is 0 Å². The molecule has 0 unspecified atom stereocenters. The number of hydrogen-bond donors (Lipinski definition) is 1. The number of nitrogens with one attached hydrogen (secondary N) is 1. The minimum absolute atomic E-state index is 0.0747. The molecule has 1 amide bonds. The van der Waals surface area contributed by atoms with E-state index >= 15 is 0 Å². The molecule has 0 aliphatic carbocycles. The van der Waals surface area contributed by atoms with Crippen molar-refractivity contribution >= 4 is 23.6 Å². The number of ether oxygens (including phenoxy) is 1. The molecule has 2 rings (SSSR count). The summed E-state index contributed by atoms with van der Waals surface area (Å²) in [5.41, 5.74) is 3.47. The molecule has 0 saturated carbocycles. The van der Waals surface area contributed by atoms with Crippen molar-refractivity contribution in [2.75, 3.05) is 18.9 Å². The Hall–Kier alpha value is -2.28. The zero-order valence-electron chi connectivity index (χ0n) is 15.4. The summed E-state index contributed by atoms with van der Waals surface area (Å²) >= 11 is 1.39. The number of benzene rings is 1. The van der Waals surface area contributed by atoms with E-state index in [0.29, 0.717) is 26.0 Å². The van der Waals surface area contributed by atoms with Crippen LogP contribution in [0.1, 0.15) is 30.9 Å². The fourth-order valence-electron chi connectivity index (χ4n) is 2.45. The second kappa shape index (κ2) is 10.0. The second-order valence-electron chi connectivity index (χ2n) is 5.85. The van der Waals surface area contributed by atoms with Crippen LogP contribution in [-0.4, -0.2) is 40.3 Å². The third-order valence-corrected chi connectivity index (χ3v) is 4.93. The molecule has 6 nitrogen and oxygen atoms in total. The Kier molecular flexibility index (Phi) is 7.72. The average Bonchev–Trinajstić information content (AvgIpc) is 3.08. The first-order chi connectivity index (χ1) is 12.5. The molecule has 0 aliphatic heterocycles. The fraction of sp³-hybridized carbons (Fsp3) is 0.421. The summed E-state index contributed by atoms with van der Waals surface area (Å²) in [6.07, 6.45) is 4.54. The average molecular weight is 375 g/mol. The van der Waals surface area contributed by atoms with E-state index in [9.17, 15) is 9.59 Å². The number of esters is 1. The summed E-state index contributed by atoms with van der Waals surface area (Å²) in [5.74, 6) is -0.0255. The smallest absolute Gasteiger partial charge is 0.305 e. The van der Waals surface area contributed by atoms with Gasteiger partial charge in [0, 0.05) is 25.4 Å². The van der Waals surface area contributed by atoms with Crippen LogP contribution in [0.4, 0.5) is 0 Å². The molecule has 0 radical (unpaired) electrons. The Morgan fingerprint density at radius 2 is 2.12 bits per heavy atom. The Morgan fingerprint density at radius 3 is 2.88 bits per heavy atom. The molecule has 0 bridgehead atoms. The van der Waals surface area contributed by atoms with E-state index in [-0.39, 0.29) is 17.6 Å². The van der Waals surface area contributed by atoms with Crippen LogP contribution in [0.3, 0.4) is 0 Å². The van der Waals surface area contributed by atoms with E-state index in [2.05, 4.69) is 30.2 Å². The van der Waals surface area contributed by atoms with Crippen molar-refractivity contribution in [3.63, 3.8) is 0 Å². The SMILES string of the molecule is CCOC(=O)CCCNC(=O)CSc1nccn1-c1cccc(C)c1C. The normalized spacial score (nSPS) is 10.6. The summed E-state index contributed by atoms with van der Waals surface area (Å²) in [6.45, 7) is 6.78. The molecule has 7 heteroatoms. The third kappa shape index (κ3) is 5.62. The van der Waals surface area contributed by atoms with E-state index in [4.69, 9.17) is 4.74 Å². The topological polar surface area (TPSA) is 73.2 Å². The highest BCUT2D eigenvalue weighted by molar-refractivity contribution is 7.99. The van der Waals surface area contributed by atoms with Gasteiger partial charge in [-0.1, -0.05) is 23.9 Å². The van der Waals surface area contributed by atoms with E-state index in [0.717, 1.165) is 10.8 Å². The number of nitrogens with zero attached hydrogens (tertiary/aromatic N) is 2. The molecule has 1 aromatic heterocycles. The predicted molar refractivity (Wildman–Crippen MR) is 103 cm³/mol. The zero-order valence-corrected chi connectivity index (χ0v) is 16.3. The Balaban J connectivity index is 1.83. The van der Waals surface area contributed by atoms with Crippen LogP contribution in [0, 0.1) is 13.8 Å². The van der Waals surface area contributed by atoms with Crippen LogP contribution in [0.5, 0.6) is 0 Å². The van der Waals surface area contributed by atoms with Gasteiger partial charge in [-0.15, -0.1) is 0 Å². The Bertz CT molecular complexity index is 758. The number of rotatable bonds is 9. The number of amides is 1. The van der Waals surface area contributed by atoms with Crippen LogP contribution in [0.15, 0.2) is 35.7 Å². The highest BCUT2D eigenvalue weighted by Crippen LogP contribution is 2.24. The molecule has 26 heavy (non-hydrogen) atoms. The molecule has 0 spiro atoms. The molecular weight excluding hydrogens is 350 g/mol. The quantitative estimate of drug-likeness (QED) is 0.414. The summed E-state index contributed by atoms with van der Waals surface area (Å²) < 4.78 is 6.85. The zero-order chi connectivity index (χ0) is 18.9. The molecule has 140 valence electrons. The van der Waals surface area contributed by atoms with Gasteiger partial charge in [-0.2, -0.15) is 0 Å². The van der Waals surface area contributed by atoms with E-state index < -0.39 is 0 Å². The van der Waals surface area contributed by atoms with Crippen LogP contribution in [0.25, 0.3) is 5.69 Å². The maximum atomic E-state index is 12.0. The van der Waals surface area contributed by atoms with Crippen molar-refractivity contribution < 1.29 is 14.3 Å². The van der Waals surface area contributed by atoms with Gasteiger partial charge in [0.1, 0.15) is 0 Å². The maximum absolute atomic E-state index is 12.0. The van der Waals surface area contributed by atoms with Gasteiger partial charge in [-0.05, 0) is 44.4 Å². The van der Waals surface area contributed by atoms with Gasteiger partial charge in [-0.25, -0.2) is 4.98 Å². The first-order valence-corrected chi connectivity index (χ1v) is 9.66. The molecule has 0 saturated heterocycles. The molecule has 0 aliphatic rings. The molecule has 1 heterocycles. The number of thioether (sulfide) groups is 1. The largest absolute Gasteiger partial charge is 0.466 e. The van der Waals surface area contributed by atoms with Crippen LogP contribution >= 0.6 is 11.8 Å². The lowest BCUT2D eigenvalue weighted by Gasteiger charge is -2.12. The van der Waals surface area contributed by atoms with Crippen molar-refractivity contribution in [2.24, 2.45) is 0 Å². The van der Waals surface area contributed by atoms with Gasteiger partial charge < -0.3 is 10.1 Å². The highest BCUT2D eigenvalue weighted by Gasteiger charge is 2.11. The van der Waals surface area contributed by atoms with Crippen molar-refractivity contribution in [2.45, 2.75) is 38.8 Å². The number of hydrogen-bond acceptors (Lipinski definition) is 5. The molecule has 1 aromatic carbocycles. The standard InChI is InChI=1S/C19H25N3O3S/c1-4-25-18(24)9-6-10-20-17(23)13-26-19-21-11-12-22(19)16-8-5-7-14(2)15(16)3/h5,7-8,11-12H,4,6,9-10,13H2,1-3H3,(H,20,23). The first kappa shape index (κ1) is 20.0. The summed E-state index contributed by atoms with van der Waals surface area (Å²) in [6, 6.07) is 6.14. The molecule has 0 atom stereocenters. The fourth-order valence-corrected chi connectivity index (χ4v) is 3.25. The molecular formula is C19H25N3O3S. The minimum Gasteiger partial charge on any atom is -0.466 e. The third-order valence-electron chi connectivity index (χ3n) is 3.96. The molecule has 2 aromatic rings. The van der Waals surface area contributed by atoms with Gasteiger partial charge in [0.05, 0.1) is 18.0 Å². The number of carbonyl (C=O) groups is 2. The van der Waals surface area contributed by atoms with Crippen molar-refractivity contribution in [1.82, 2.24) is 14.9 Å². The van der Waals surface area contributed by atoms with Crippen LogP contribution < -0.4 is 5.32 Å². The monoisotopic (exact) mass is 375 g/mol. The summed E-state index contributed by atoms with van der Waals surface area (Å²) in [4.78, 5) is 27.6. The number of carbonyl (C=O) groups excluding carboxylic acids is 2. The number of imidazole rings is 1. The lowest BCUT2D eigenvalue weighted by molar-refractivity contribution is -0.143. The van der Waals surface area contributed by atoms with Crippen molar-refractivity contribution in [3.8, 4) is 5.69 Å². The Labute approximate surface area is 158 Å². The first-order valence-electron chi connectivity index (χ1n) is 8.68. The van der Waals surface area contributed by atoms with Gasteiger partial charge in [-0.3, -0.25) is 14.2 Å². The molecule has 0 fully saturated rings. The second-order valence-corrected chi connectivity index (χ2v) is 6.79. The predicted octanol–water partition coefficient (Wildman–Crippen LogP) is 3.04. The van der Waals surface area contributed by atoms with E-state index in [1.807, 2.05) is 22.9 Å². The van der Waals surface area contributed by atoms with E-state index in [1.54, 1.807) is 13.1 Å². The Morgan fingerprint density at radius 1 is 1.31 bits per heavy atom. The van der Waals surface area contributed by atoms with Crippen molar-refractivity contribution in [1.29, 1.82) is 0 Å². The summed E-state index contributed by atoms with van der Waals surface area (Å²) in [7, 11) is 0.